The second kappa shape index (κ2) is 6.12. The van der Waals surface area contributed by atoms with E-state index in [0.717, 1.165) is 38.7 Å². The van der Waals surface area contributed by atoms with E-state index in [0.29, 0.717) is 0 Å². The SMILES string of the molecule is CCNC(c1cc(Cl)cc(Br)c1)c1cc(C)oc1C. The fourth-order valence-electron chi connectivity index (χ4n) is 2.29. The lowest BCUT2D eigenvalue weighted by atomic mass is 9.99. The van der Waals surface area contributed by atoms with Crippen LogP contribution in [0.15, 0.2) is 33.2 Å². The molecule has 0 bridgehead atoms. The monoisotopic (exact) mass is 341 g/mol. The van der Waals surface area contributed by atoms with Gasteiger partial charge < -0.3 is 9.73 Å². The second-order valence-corrected chi connectivity index (χ2v) is 5.91. The van der Waals surface area contributed by atoms with Gasteiger partial charge in [-0.15, -0.1) is 0 Å². The Morgan fingerprint density at radius 2 is 2.00 bits per heavy atom. The molecule has 0 radical (unpaired) electrons. The first-order chi connectivity index (χ1) is 9.01. The van der Waals surface area contributed by atoms with Crippen LogP contribution in [0.3, 0.4) is 0 Å². The fraction of sp³-hybridized carbons (Fsp3) is 0.333. The van der Waals surface area contributed by atoms with Gasteiger partial charge in [-0.3, -0.25) is 0 Å². The van der Waals surface area contributed by atoms with Crippen molar-refractivity contribution < 1.29 is 4.42 Å². The molecule has 1 aromatic heterocycles. The van der Waals surface area contributed by atoms with Crippen LogP contribution in [-0.2, 0) is 0 Å². The van der Waals surface area contributed by atoms with E-state index in [1.165, 1.54) is 0 Å². The molecule has 19 heavy (non-hydrogen) atoms. The normalized spacial score (nSPS) is 12.7. The van der Waals surface area contributed by atoms with Gasteiger partial charge in [0.25, 0.3) is 0 Å². The standard InChI is InChI=1S/C15H17BrClNO/c1-4-18-15(14-5-9(2)19-10(14)3)11-6-12(16)8-13(17)7-11/h5-8,15,18H,4H2,1-3H3. The summed E-state index contributed by atoms with van der Waals surface area (Å²) in [6.45, 7) is 6.92. The van der Waals surface area contributed by atoms with Gasteiger partial charge in [0, 0.05) is 15.1 Å². The van der Waals surface area contributed by atoms with Gasteiger partial charge in [0.2, 0.25) is 0 Å². The van der Waals surface area contributed by atoms with E-state index in [4.69, 9.17) is 16.0 Å². The molecule has 0 aliphatic rings. The molecule has 0 saturated heterocycles. The van der Waals surface area contributed by atoms with Crippen LogP contribution in [0.2, 0.25) is 5.02 Å². The van der Waals surface area contributed by atoms with Crippen molar-refractivity contribution in [2.45, 2.75) is 26.8 Å². The lowest BCUT2D eigenvalue weighted by molar-refractivity contribution is 0.495. The molecule has 0 spiro atoms. The Morgan fingerprint density at radius 3 is 2.53 bits per heavy atom. The Bertz CT molecular complexity index is 559. The van der Waals surface area contributed by atoms with Crippen LogP contribution in [0.25, 0.3) is 0 Å². The van der Waals surface area contributed by atoms with E-state index < -0.39 is 0 Å². The van der Waals surface area contributed by atoms with Crippen LogP contribution in [0, 0.1) is 13.8 Å². The van der Waals surface area contributed by atoms with E-state index in [-0.39, 0.29) is 6.04 Å². The zero-order valence-electron chi connectivity index (χ0n) is 11.3. The van der Waals surface area contributed by atoms with Gasteiger partial charge in [0.05, 0.1) is 6.04 Å². The Labute approximate surface area is 127 Å². The predicted molar refractivity (Wildman–Crippen MR) is 82.9 cm³/mol. The van der Waals surface area contributed by atoms with Crippen LogP contribution in [0.4, 0.5) is 0 Å². The minimum absolute atomic E-state index is 0.0949. The molecule has 1 N–H and O–H groups in total. The molecule has 0 aliphatic carbocycles. The zero-order chi connectivity index (χ0) is 14.0. The molecular formula is C15H17BrClNO. The molecule has 0 aliphatic heterocycles. The number of furan rings is 1. The summed E-state index contributed by atoms with van der Waals surface area (Å²) in [7, 11) is 0. The van der Waals surface area contributed by atoms with Crippen molar-refractivity contribution >= 4 is 27.5 Å². The molecule has 1 unspecified atom stereocenters. The van der Waals surface area contributed by atoms with Gasteiger partial charge in [-0.1, -0.05) is 34.5 Å². The Kier molecular flexibility index (Phi) is 4.71. The van der Waals surface area contributed by atoms with Gasteiger partial charge in [-0.05, 0) is 50.2 Å². The molecule has 1 aromatic carbocycles. The van der Waals surface area contributed by atoms with Crippen LogP contribution in [0.1, 0.15) is 35.6 Å². The van der Waals surface area contributed by atoms with Crippen molar-refractivity contribution in [3.05, 3.63) is 56.4 Å². The summed E-state index contributed by atoms with van der Waals surface area (Å²) in [5, 5.41) is 4.21. The third-order valence-electron chi connectivity index (χ3n) is 3.02. The molecule has 2 nitrogen and oxygen atoms in total. The first-order valence-electron chi connectivity index (χ1n) is 6.27. The van der Waals surface area contributed by atoms with Crippen LogP contribution in [-0.4, -0.2) is 6.54 Å². The quantitative estimate of drug-likeness (QED) is 0.844. The number of hydrogen-bond donors (Lipinski definition) is 1. The highest BCUT2D eigenvalue weighted by Crippen LogP contribution is 2.31. The molecule has 1 heterocycles. The Balaban J connectivity index is 2.47. The van der Waals surface area contributed by atoms with Gasteiger partial charge in [0.15, 0.2) is 0 Å². The summed E-state index contributed by atoms with van der Waals surface area (Å²) in [5.41, 5.74) is 2.29. The molecule has 2 rings (SSSR count). The lowest BCUT2D eigenvalue weighted by Crippen LogP contribution is -2.22. The molecule has 0 saturated carbocycles. The molecular weight excluding hydrogens is 326 g/mol. The Hall–Kier alpha value is -0.770. The van der Waals surface area contributed by atoms with Crippen molar-refractivity contribution in [1.29, 1.82) is 0 Å². The number of benzene rings is 1. The third-order valence-corrected chi connectivity index (χ3v) is 3.69. The van der Waals surface area contributed by atoms with Crippen molar-refractivity contribution in [2.75, 3.05) is 6.54 Å². The number of hydrogen-bond acceptors (Lipinski definition) is 2. The van der Waals surface area contributed by atoms with Gasteiger partial charge in [0.1, 0.15) is 11.5 Å². The smallest absolute Gasteiger partial charge is 0.106 e. The Morgan fingerprint density at radius 1 is 1.26 bits per heavy atom. The second-order valence-electron chi connectivity index (χ2n) is 4.56. The highest BCUT2D eigenvalue weighted by atomic mass is 79.9. The molecule has 0 amide bonds. The highest BCUT2D eigenvalue weighted by Gasteiger charge is 2.19. The predicted octanol–water partition coefficient (Wildman–Crippen LogP) is 5.01. The van der Waals surface area contributed by atoms with Crippen molar-refractivity contribution in [2.24, 2.45) is 0 Å². The van der Waals surface area contributed by atoms with Crippen LogP contribution >= 0.6 is 27.5 Å². The summed E-state index contributed by atoms with van der Waals surface area (Å²) < 4.78 is 6.62. The first kappa shape index (κ1) is 14.6. The number of rotatable bonds is 4. The average Bonchev–Trinajstić information content (AvgIpc) is 2.64. The summed E-state index contributed by atoms with van der Waals surface area (Å²) in [6.07, 6.45) is 0. The maximum atomic E-state index is 6.15. The van der Waals surface area contributed by atoms with Gasteiger partial charge in [-0.25, -0.2) is 0 Å². The maximum Gasteiger partial charge on any atom is 0.106 e. The van der Waals surface area contributed by atoms with E-state index in [1.807, 2.05) is 26.0 Å². The summed E-state index contributed by atoms with van der Waals surface area (Å²) >= 11 is 9.64. The van der Waals surface area contributed by atoms with E-state index in [2.05, 4.69) is 40.3 Å². The van der Waals surface area contributed by atoms with Crippen molar-refractivity contribution in [3.63, 3.8) is 0 Å². The third kappa shape index (κ3) is 3.41. The minimum Gasteiger partial charge on any atom is -0.466 e. The number of nitrogens with one attached hydrogen (secondary N) is 1. The summed E-state index contributed by atoms with van der Waals surface area (Å²) in [5.74, 6) is 1.87. The van der Waals surface area contributed by atoms with Crippen molar-refractivity contribution in [3.8, 4) is 0 Å². The fourth-order valence-corrected chi connectivity index (χ4v) is 3.18. The van der Waals surface area contributed by atoms with Gasteiger partial charge >= 0.3 is 0 Å². The van der Waals surface area contributed by atoms with Crippen molar-refractivity contribution in [1.82, 2.24) is 5.32 Å². The summed E-state index contributed by atoms with van der Waals surface area (Å²) in [4.78, 5) is 0. The van der Waals surface area contributed by atoms with Gasteiger partial charge in [-0.2, -0.15) is 0 Å². The summed E-state index contributed by atoms with van der Waals surface area (Å²) in [6, 6.07) is 8.14. The number of halogens is 2. The topological polar surface area (TPSA) is 25.2 Å². The number of aryl methyl sites for hydroxylation is 2. The zero-order valence-corrected chi connectivity index (χ0v) is 13.6. The maximum absolute atomic E-state index is 6.15. The van der Waals surface area contributed by atoms with Crippen LogP contribution in [0.5, 0.6) is 0 Å². The lowest BCUT2D eigenvalue weighted by Gasteiger charge is -2.18. The van der Waals surface area contributed by atoms with E-state index in [9.17, 15) is 0 Å². The molecule has 0 fully saturated rings. The largest absolute Gasteiger partial charge is 0.466 e. The molecule has 1 atom stereocenters. The molecule has 102 valence electrons. The highest BCUT2D eigenvalue weighted by molar-refractivity contribution is 9.10. The minimum atomic E-state index is 0.0949. The van der Waals surface area contributed by atoms with E-state index in [1.54, 1.807) is 0 Å². The molecule has 2 aromatic rings. The van der Waals surface area contributed by atoms with E-state index >= 15 is 0 Å². The molecule has 4 heteroatoms. The van der Waals surface area contributed by atoms with Crippen LogP contribution < -0.4 is 5.32 Å². The first-order valence-corrected chi connectivity index (χ1v) is 7.44. The average molecular weight is 343 g/mol.